The highest BCUT2D eigenvalue weighted by molar-refractivity contribution is 5.77. The summed E-state index contributed by atoms with van der Waals surface area (Å²) in [6.45, 7) is 8.42. The SMILES string of the molecule is CCCCN1C[C@@]2(CCCN(CCOCCO)C2)CCC1=O. The van der Waals surface area contributed by atoms with Crippen LogP contribution in [-0.4, -0.2) is 73.4 Å². The van der Waals surface area contributed by atoms with Crippen molar-refractivity contribution in [2.24, 2.45) is 5.41 Å². The predicted molar refractivity (Wildman–Crippen MR) is 86.7 cm³/mol. The summed E-state index contributed by atoms with van der Waals surface area (Å²) in [6.07, 6.45) is 6.49. The number of ether oxygens (including phenoxy) is 1. The first-order chi connectivity index (χ1) is 10.7. The zero-order valence-electron chi connectivity index (χ0n) is 14.1. The maximum absolute atomic E-state index is 12.1. The molecule has 0 aliphatic carbocycles. The van der Waals surface area contributed by atoms with Gasteiger partial charge in [-0.05, 0) is 32.2 Å². The third kappa shape index (κ3) is 4.93. The molecule has 1 spiro atoms. The second-order valence-corrected chi connectivity index (χ2v) is 6.88. The van der Waals surface area contributed by atoms with Crippen LogP contribution in [0.15, 0.2) is 0 Å². The molecule has 0 aromatic heterocycles. The maximum Gasteiger partial charge on any atom is 0.222 e. The normalized spacial score (nSPS) is 26.8. The van der Waals surface area contributed by atoms with Gasteiger partial charge in [0.15, 0.2) is 0 Å². The lowest BCUT2D eigenvalue weighted by Gasteiger charge is -2.48. The first-order valence-electron chi connectivity index (χ1n) is 8.88. The summed E-state index contributed by atoms with van der Waals surface area (Å²) in [4.78, 5) is 16.7. The molecule has 2 saturated heterocycles. The van der Waals surface area contributed by atoms with Crippen molar-refractivity contribution in [3.05, 3.63) is 0 Å². The van der Waals surface area contributed by atoms with Crippen LogP contribution in [0.2, 0.25) is 0 Å². The van der Waals surface area contributed by atoms with Crippen LogP contribution in [-0.2, 0) is 9.53 Å². The van der Waals surface area contributed by atoms with Gasteiger partial charge in [0.2, 0.25) is 5.91 Å². The van der Waals surface area contributed by atoms with E-state index in [0.29, 0.717) is 24.5 Å². The number of carbonyl (C=O) groups excluding carboxylic acids is 1. The lowest BCUT2D eigenvalue weighted by molar-refractivity contribution is -0.139. The topological polar surface area (TPSA) is 53.0 Å². The zero-order chi connectivity index (χ0) is 15.8. The van der Waals surface area contributed by atoms with Crippen molar-refractivity contribution in [1.82, 2.24) is 9.80 Å². The minimum absolute atomic E-state index is 0.0957. The van der Waals surface area contributed by atoms with Crippen LogP contribution in [0, 0.1) is 5.41 Å². The minimum atomic E-state index is 0.0957. The van der Waals surface area contributed by atoms with E-state index in [1.54, 1.807) is 0 Å². The number of rotatable bonds is 8. The zero-order valence-corrected chi connectivity index (χ0v) is 14.1. The molecule has 1 N–H and O–H groups in total. The van der Waals surface area contributed by atoms with Gasteiger partial charge in [-0.1, -0.05) is 13.3 Å². The molecular formula is C17H32N2O3. The lowest BCUT2D eigenvalue weighted by atomic mass is 9.73. The molecule has 0 saturated carbocycles. The molecule has 128 valence electrons. The fourth-order valence-corrected chi connectivity index (χ4v) is 3.85. The van der Waals surface area contributed by atoms with Gasteiger partial charge in [0, 0.05) is 38.0 Å². The molecule has 22 heavy (non-hydrogen) atoms. The number of nitrogens with zero attached hydrogens (tertiary/aromatic N) is 2. The first kappa shape index (κ1) is 17.7. The van der Waals surface area contributed by atoms with Gasteiger partial charge in [-0.15, -0.1) is 0 Å². The fourth-order valence-electron chi connectivity index (χ4n) is 3.85. The highest BCUT2D eigenvalue weighted by Gasteiger charge is 2.41. The van der Waals surface area contributed by atoms with E-state index >= 15 is 0 Å². The van der Waals surface area contributed by atoms with Crippen LogP contribution >= 0.6 is 0 Å². The minimum Gasteiger partial charge on any atom is -0.394 e. The lowest BCUT2D eigenvalue weighted by Crippen LogP contribution is -2.54. The highest BCUT2D eigenvalue weighted by atomic mass is 16.5. The van der Waals surface area contributed by atoms with Crippen LogP contribution in [0.5, 0.6) is 0 Å². The van der Waals surface area contributed by atoms with E-state index < -0.39 is 0 Å². The Balaban J connectivity index is 1.84. The Hall–Kier alpha value is -0.650. The van der Waals surface area contributed by atoms with E-state index in [4.69, 9.17) is 9.84 Å². The summed E-state index contributed by atoms with van der Waals surface area (Å²) in [5, 5.41) is 8.75. The van der Waals surface area contributed by atoms with Gasteiger partial charge >= 0.3 is 0 Å². The van der Waals surface area contributed by atoms with Gasteiger partial charge in [0.1, 0.15) is 0 Å². The average molecular weight is 312 g/mol. The molecule has 2 heterocycles. The molecule has 2 aliphatic heterocycles. The summed E-state index contributed by atoms with van der Waals surface area (Å²) in [7, 11) is 0. The summed E-state index contributed by atoms with van der Waals surface area (Å²) in [6, 6.07) is 0. The number of aliphatic hydroxyl groups is 1. The summed E-state index contributed by atoms with van der Waals surface area (Å²) >= 11 is 0. The highest BCUT2D eigenvalue weighted by Crippen LogP contribution is 2.38. The van der Waals surface area contributed by atoms with E-state index in [1.165, 1.54) is 12.8 Å². The first-order valence-corrected chi connectivity index (χ1v) is 8.88. The molecule has 2 rings (SSSR count). The maximum atomic E-state index is 12.1. The van der Waals surface area contributed by atoms with Crippen molar-refractivity contribution >= 4 is 5.91 Å². The van der Waals surface area contributed by atoms with Crippen molar-refractivity contribution in [2.45, 2.75) is 45.4 Å². The Labute approximate surface area is 134 Å². The third-order valence-electron chi connectivity index (χ3n) is 5.06. The molecule has 0 aromatic rings. The number of hydrogen-bond acceptors (Lipinski definition) is 4. The van der Waals surface area contributed by atoms with E-state index in [0.717, 1.165) is 58.4 Å². The summed E-state index contributed by atoms with van der Waals surface area (Å²) < 4.78 is 5.40. The number of piperidine rings is 2. The second-order valence-electron chi connectivity index (χ2n) is 6.88. The molecule has 0 aromatic carbocycles. The van der Waals surface area contributed by atoms with Crippen molar-refractivity contribution in [2.75, 3.05) is 52.5 Å². The third-order valence-corrected chi connectivity index (χ3v) is 5.06. The molecule has 1 amide bonds. The average Bonchev–Trinajstić information content (AvgIpc) is 2.53. The van der Waals surface area contributed by atoms with Crippen LogP contribution in [0.3, 0.4) is 0 Å². The Kier molecular flexibility index (Phi) is 7.12. The Morgan fingerprint density at radius 3 is 2.86 bits per heavy atom. The van der Waals surface area contributed by atoms with E-state index in [1.807, 2.05) is 0 Å². The van der Waals surface area contributed by atoms with E-state index in [2.05, 4.69) is 16.7 Å². The number of amides is 1. The Morgan fingerprint density at radius 1 is 1.23 bits per heavy atom. The van der Waals surface area contributed by atoms with Crippen molar-refractivity contribution in [3.8, 4) is 0 Å². The Morgan fingerprint density at radius 2 is 2.09 bits per heavy atom. The van der Waals surface area contributed by atoms with E-state index in [9.17, 15) is 4.79 Å². The molecule has 2 aliphatic rings. The number of likely N-dealkylation sites (tertiary alicyclic amines) is 2. The molecular weight excluding hydrogens is 280 g/mol. The summed E-state index contributed by atoms with van der Waals surface area (Å²) in [5.74, 6) is 0.350. The molecule has 5 heteroatoms. The number of aliphatic hydroxyl groups excluding tert-OH is 1. The van der Waals surface area contributed by atoms with Crippen LogP contribution in [0.1, 0.15) is 45.4 Å². The van der Waals surface area contributed by atoms with Gasteiger partial charge < -0.3 is 19.6 Å². The Bertz CT molecular complexity index is 351. The van der Waals surface area contributed by atoms with E-state index in [-0.39, 0.29) is 6.61 Å². The number of carbonyl (C=O) groups is 1. The molecule has 0 bridgehead atoms. The largest absolute Gasteiger partial charge is 0.394 e. The van der Waals surface area contributed by atoms with Crippen LogP contribution < -0.4 is 0 Å². The molecule has 5 nitrogen and oxygen atoms in total. The second kappa shape index (κ2) is 8.85. The molecule has 0 unspecified atom stereocenters. The van der Waals surface area contributed by atoms with Gasteiger partial charge in [-0.2, -0.15) is 0 Å². The van der Waals surface area contributed by atoms with Gasteiger partial charge in [-0.3, -0.25) is 4.79 Å². The van der Waals surface area contributed by atoms with Gasteiger partial charge in [-0.25, -0.2) is 0 Å². The summed E-state index contributed by atoms with van der Waals surface area (Å²) in [5.41, 5.74) is 0.302. The molecule has 0 radical (unpaired) electrons. The molecule has 1 atom stereocenters. The van der Waals surface area contributed by atoms with Gasteiger partial charge in [0.25, 0.3) is 0 Å². The van der Waals surface area contributed by atoms with Gasteiger partial charge in [0.05, 0.1) is 19.8 Å². The van der Waals surface area contributed by atoms with Crippen molar-refractivity contribution in [1.29, 1.82) is 0 Å². The predicted octanol–water partition coefficient (Wildman–Crippen LogP) is 1.50. The number of hydrogen-bond donors (Lipinski definition) is 1. The quantitative estimate of drug-likeness (QED) is 0.690. The number of unbranched alkanes of at least 4 members (excludes halogenated alkanes) is 1. The monoisotopic (exact) mass is 312 g/mol. The van der Waals surface area contributed by atoms with Crippen molar-refractivity contribution < 1.29 is 14.6 Å². The van der Waals surface area contributed by atoms with Crippen LogP contribution in [0.4, 0.5) is 0 Å². The smallest absolute Gasteiger partial charge is 0.222 e. The standard InChI is InChI=1S/C17H32N2O3/c1-2-3-9-19-15-17(7-5-16(19)21)6-4-8-18(14-17)10-12-22-13-11-20/h20H,2-15H2,1H3/t17-/m0/s1. The fraction of sp³-hybridized carbons (Fsp3) is 0.941. The van der Waals surface area contributed by atoms with Crippen LogP contribution in [0.25, 0.3) is 0 Å². The molecule has 2 fully saturated rings. The van der Waals surface area contributed by atoms with Crippen molar-refractivity contribution in [3.63, 3.8) is 0 Å².